The molecule has 0 saturated carbocycles. The van der Waals surface area contributed by atoms with Gasteiger partial charge < -0.3 is 5.11 Å². The molecule has 0 saturated heterocycles. The van der Waals surface area contributed by atoms with Crippen molar-refractivity contribution in [3.05, 3.63) is 48.0 Å². The molecule has 2 heteroatoms. The van der Waals surface area contributed by atoms with Crippen LogP contribution in [0.1, 0.15) is 39.2 Å². The predicted octanol–water partition coefficient (Wildman–Crippen LogP) is 4.88. The highest BCUT2D eigenvalue weighted by atomic mass is 19.1. The topological polar surface area (TPSA) is 20.2 Å². The summed E-state index contributed by atoms with van der Waals surface area (Å²) in [4.78, 5) is 0. The Morgan fingerprint density at radius 2 is 1.83 bits per heavy atom. The highest BCUT2D eigenvalue weighted by Gasteiger charge is 2.24. The molecule has 0 heterocycles. The standard InChI is InChI=1S/C16H23FO/c1-12(18)11-14(16(2,3)4)8-5-13-6-9-15(17)10-7-13/h6-7,9-10,14,18H,1,5,8,11H2,2-4H3. The van der Waals surface area contributed by atoms with Crippen LogP contribution in [-0.2, 0) is 6.42 Å². The van der Waals surface area contributed by atoms with Crippen molar-refractivity contribution in [2.45, 2.75) is 40.0 Å². The van der Waals surface area contributed by atoms with Crippen molar-refractivity contribution in [3.63, 3.8) is 0 Å². The van der Waals surface area contributed by atoms with Gasteiger partial charge in [0.25, 0.3) is 0 Å². The quantitative estimate of drug-likeness (QED) is 0.738. The Morgan fingerprint density at radius 3 is 2.28 bits per heavy atom. The lowest BCUT2D eigenvalue weighted by molar-refractivity contribution is 0.200. The molecule has 1 unspecified atom stereocenters. The van der Waals surface area contributed by atoms with Gasteiger partial charge >= 0.3 is 0 Å². The van der Waals surface area contributed by atoms with Gasteiger partial charge in [-0.3, -0.25) is 0 Å². The first-order chi connectivity index (χ1) is 8.29. The molecule has 1 aromatic rings. The fourth-order valence-corrected chi connectivity index (χ4v) is 2.12. The largest absolute Gasteiger partial charge is 0.513 e. The number of hydrogen-bond acceptors (Lipinski definition) is 1. The number of benzene rings is 1. The molecule has 1 N–H and O–H groups in total. The van der Waals surface area contributed by atoms with Crippen molar-refractivity contribution in [1.82, 2.24) is 0 Å². The van der Waals surface area contributed by atoms with E-state index in [0.717, 1.165) is 18.4 Å². The fourth-order valence-electron chi connectivity index (χ4n) is 2.12. The van der Waals surface area contributed by atoms with Gasteiger partial charge in [-0.1, -0.05) is 39.5 Å². The Bertz CT molecular complexity index is 387. The Hall–Kier alpha value is -1.31. The lowest BCUT2D eigenvalue weighted by atomic mass is 9.75. The first-order valence-corrected chi connectivity index (χ1v) is 6.40. The van der Waals surface area contributed by atoms with E-state index in [4.69, 9.17) is 0 Å². The predicted molar refractivity (Wildman–Crippen MR) is 74.1 cm³/mol. The first-order valence-electron chi connectivity index (χ1n) is 6.40. The molecule has 0 aliphatic carbocycles. The molecule has 0 aliphatic heterocycles. The van der Waals surface area contributed by atoms with Gasteiger partial charge in [-0.05, 0) is 41.9 Å². The highest BCUT2D eigenvalue weighted by molar-refractivity contribution is 5.16. The molecular weight excluding hydrogens is 227 g/mol. The second-order valence-electron chi connectivity index (χ2n) is 6.00. The maximum Gasteiger partial charge on any atom is 0.123 e. The number of hydrogen-bond donors (Lipinski definition) is 1. The normalized spacial score (nSPS) is 13.3. The van der Waals surface area contributed by atoms with Crippen LogP contribution in [0.4, 0.5) is 4.39 Å². The smallest absolute Gasteiger partial charge is 0.123 e. The maximum absolute atomic E-state index is 12.8. The van der Waals surface area contributed by atoms with E-state index in [2.05, 4.69) is 27.4 Å². The number of rotatable bonds is 5. The number of halogens is 1. The average Bonchev–Trinajstić information content (AvgIpc) is 2.24. The van der Waals surface area contributed by atoms with Gasteiger partial charge in [-0.2, -0.15) is 0 Å². The van der Waals surface area contributed by atoms with Gasteiger partial charge in [-0.25, -0.2) is 4.39 Å². The van der Waals surface area contributed by atoms with Gasteiger partial charge in [0.15, 0.2) is 0 Å². The molecule has 18 heavy (non-hydrogen) atoms. The summed E-state index contributed by atoms with van der Waals surface area (Å²) < 4.78 is 12.8. The third kappa shape index (κ3) is 4.91. The number of aryl methyl sites for hydroxylation is 1. The zero-order valence-electron chi connectivity index (χ0n) is 11.5. The van der Waals surface area contributed by atoms with E-state index in [9.17, 15) is 9.50 Å². The van der Waals surface area contributed by atoms with E-state index in [1.54, 1.807) is 0 Å². The molecule has 1 nitrogen and oxygen atoms in total. The highest BCUT2D eigenvalue weighted by Crippen LogP contribution is 2.34. The molecule has 0 amide bonds. The lowest BCUT2D eigenvalue weighted by Gasteiger charge is -2.30. The SMILES string of the molecule is C=C(O)CC(CCc1ccc(F)cc1)C(C)(C)C. The summed E-state index contributed by atoms with van der Waals surface area (Å²) in [5, 5.41) is 9.38. The minimum absolute atomic E-state index is 0.131. The van der Waals surface area contributed by atoms with E-state index in [1.165, 1.54) is 12.1 Å². The third-order valence-electron chi connectivity index (χ3n) is 3.40. The van der Waals surface area contributed by atoms with Crippen LogP contribution in [0.2, 0.25) is 0 Å². The molecule has 0 aliphatic rings. The van der Waals surface area contributed by atoms with E-state index in [0.29, 0.717) is 12.3 Å². The van der Waals surface area contributed by atoms with Crippen LogP contribution in [0.25, 0.3) is 0 Å². The van der Waals surface area contributed by atoms with Crippen molar-refractivity contribution in [3.8, 4) is 0 Å². The third-order valence-corrected chi connectivity index (χ3v) is 3.40. The fraction of sp³-hybridized carbons (Fsp3) is 0.500. The van der Waals surface area contributed by atoms with Gasteiger partial charge in [0.2, 0.25) is 0 Å². The van der Waals surface area contributed by atoms with Crippen molar-refractivity contribution in [2.24, 2.45) is 11.3 Å². The maximum atomic E-state index is 12.8. The van der Waals surface area contributed by atoms with Crippen LogP contribution < -0.4 is 0 Å². The number of aliphatic hydroxyl groups is 1. The first kappa shape index (κ1) is 14.7. The molecule has 0 spiro atoms. The minimum Gasteiger partial charge on any atom is -0.513 e. The molecule has 100 valence electrons. The Balaban J connectivity index is 2.62. The molecule has 1 rings (SSSR count). The summed E-state index contributed by atoms with van der Waals surface area (Å²) in [6.45, 7) is 10.1. The molecule has 0 radical (unpaired) electrons. The molecule has 1 aromatic carbocycles. The molecule has 1 atom stereocenters. The van der Waals surface area contributed by atoms with E-state index in [-0.39, 0.29) is 17.0 Å². The van der Waals surface area contributed by atoms with E-state index >= 15 is 0 Å². The summed E-state index contributed by atoms with van der Waals surface area (Å²) >= 11 is 0. The van der Waals surface area contributed by atoms with Crippen molar-refractivity contribution in [1.29, 1.82) is 0 Å². The number of aliphatic hydroxyl groups excluding tert-OH is 1. The van der Waals surface area contributed by atoms with Crippen LogP contribution >= 0.6 is 0 Å². The van der Waals surface area contributed by atoms with Crippen LogP contribution in [0.5, 0.6) is 0 Å². The number of allylic oxidation sites excluding steroid dienone is 1. The summed E-state index contributed by atoms with van der Waals surface area (Å²) in [5.41, 5.74) is 1.26. The van der Waals surface area contributed by atoms with E-state index in [1.807, 2.05) is 12.1 Å². The van der Waals surface area contributed by atoms with Crippen LogP contribution in [-0.4, -0.2) is 5.11 Å². The van der Waals surface area contributed by atoms with Gasteiger partial charge in [0.05, 0.1) is 5.76 Å². The molecular formula is C16H23FO. The average molecular weight is 250 g/mol. The Labute approximate surface area is 109 Å². The van der Waals surface area contributed by atoms with Gasteiger partial charge in [-0.15, -0.1) is 0 Å². The van der Waals surface area contributed by atoms with Crippen LogP contribution in [0, 0.1) is 17.2 Å². The van der Waals surface area contributed by atoms with Crippen LogP contribution in [0.3, 0.4) is 0 Å². The second kappa shape index (κ2) is 6.03. The molecule has 0 bridgehead atoms. The molecule has 0 fully saturated rings. The summed E-state index contributed by atoms with van der Waals surface area (Å²) in [7, 11) is 0. The zero-order chi connectivity index (χ0) is 13.8. The summed E-state index contributed by atoms with van der Waals surface area (Å²) in [5.74, 6) is 0.420. The van der Waals surface area contributed by atoms with E-state index < -0.39 is 0 Å². The summed E-state index contributed by atoms with van der Waals surface area (Å²) in [6.07, 6.45) is 2.49. The zero-order valence-corrected chi connectivity index (χ0v) is 11.5. The Kier molecular flexibility index (Phi) is 4.94. The van der Waals surface area contributed by atoms with Gasteiger partial charge in [0.1, 0.15) is 5.82 Å². The Morgan fingerprint density at radius 1 is 1.28 bits per heavy atom. The van der Waals surface area contributed by atoms with Crippen molar-refractivity contribution >= 4 is 0 Å². The summed E-state index contributed by atoms with van der Waals surface area (Å²) in [6, 6.07) is 6.63. The minimum atomic E-state index is -0.199. The van der Waals surface area contributed by atoms with Gasteiger partial charge in [0, 0.05) is 6.42 Å². The van der Waals surface area contributed by atoms with Crippen LogP contribution in [0.15, 0.2) is 36.6 Å². The second-order valence-corrected chi connectivity index (χ2v) is 6.00. The molecule has 0 aromatic heterocycles. The lowest BCUT2D eigenvalue weighted by Crippen LogP contribution is -2.21. The van der Waals surface area contributed by atoms with Crippen molar-refractivity contribution in [2.75, 3.05) is 0 Å². The van der Waals surface area contributed by atoms with Crippen molar-refractivity contribution < 1.29 is 9.50 Å². The monoisotopic (exact) mass is 250 g/mol.